The molecule has 138 valence electrons. The van der Waals surface area contributed by atoms with E-state index in [0.717, 1.165) is 30.9 Å². The Morgan fingerprint density at radius 1 is 1.04 bits per heavy atom. The van der Waals surface area contributed by atoms with Gasteiger partial charge < -0.3 is 10.0 Å². The van der Waals surface area contributed by atoms with E-state index in [1.807, 2.05) is 42.6 Å². The van der Waals surface area contributed by atoms with Crippen LogP contribution in [0.5, 0.6) is 5.75 Å². The van der Waals surface area contributed by atoms with Gasteiger partial charge in [-0.05, 0) is 23.8 Å². The van der Waals surface area contributed by atoms with Gasteiger partial charge in [0.05, 0.1) is 11.9 Å². The van der Waals surface area contributed by atoms with E-state index in [2.05, 4.69) is 21.0 Å². The van der Waals surface area contributed by atoms with Gasteiger partial charge in [-0.1, -0.05) is 24.3 Å². The van der Waals surface area contributed by atoms with Crippen LogP contribution in [-0.4, -0.2) is 61.8 Å². The van der Waals surface area contributed by atoms with Gasteiger partial charge in [-0.25, -0.2) is 4.68 Å². The number of carbonyl (C=O) groups is 1. The molecule has 0 radical (unpaired) electrons. The van der Waals surface area contributed by atoms with Crippen molar-refractivity contribution < 1.29 is 9.90 Å². The van der Waals surface area contributed by atoms with E-state index < -0.39 is 0 Å². The summed E-state index contributed by atoms with van der Waals surface area (Å²) < 4.78 is 1.53. The molecule has 1 N–H and O–H groups in total. The van der Waals surface area contributed by atoms with E-state index in [9.17, 15) is 9.90 Å². The molecule has 4 rings (SSSR count). The highest BCUT2D eigenvalue weighted by atomic mass is 16.3. The molecule has 1 fully saturated rings. The molecule has 1 aromatic carbocycles. The first kappa shape index (κ1) is 17.2. The van der Waals surface area contributed by atoms with Crippen LogP contribution in [0.25, 0.3) is 5.69 Å². The van der Waals surface area contributed by atoms with Crippen LogP contribution < -0.4 is 0 Å². The quantitative estimate of drug-likeness (QED) is 0.767. The van der Waals surface area contributed by atoms with Crippen LogP contribution in [0.15, 0.2) is 61.1 Å². The zero-order valence-electron chi connectivity index (χ0n) is 14.9. The highest BCUT2D eigenvalue weighted by Crippen LogP contribution is 2.20. The molecule has 0 saturated carbocycles. The predicted molar refractivity (Wildman–Crippen MR) is 101 cm³/mol. The smallest absolute Gasteiger partial charge is 0.278 e. The van der Waals surface area contributed by atoms with E-state index >= 15 is 0 Å². The van der Waals surface area contributed by atoms with Crippen molar-refractivity contribution in [2.75, 3.05) is 26.2 Å². The van der Waals surface area contributed by atoms with Gasteiger partial charge in [0.25, 0.3) is 5.91 Å². The number of hydrogen-bond acceptors (Lipinski definition) is 5. The normalized spacial score (nSPS) is 15.0. The molecule has 3 heterocycles. The van der Waals surface area contributed by atoms with Crippen molar-refractivity contribution in [3.05, 3.63) is 72.3 Å². The molecule has 0 unspecified atom stereocenters. The number of benzene rings is 1. The minimum Gasteiger partial charge on any atom is -0.504 e. The summed E-state index contributed by atoms with van der Waals surface area (Å²) in [5, 5.41) is 14.5. The van der Waals surface area contributed by atoms with Crippen molar-refractivity contribution in [3.63, 3.8) is 0 Å². The van der Waals surface area contributed by atoms with Crippen LogP contribution in [0, 0.1) is 0 Å². The standard InChI is InChI=1S/C20H21N5O2/c26-18-15-25(17-6-2-1-3-7-17)22-19(18)20(27)24-11-9-23(10-12-24)14-16-5-4-8-21-13-16/h1-8,13,15,26H,9-12,14H2. The Bertz CT molecular complexity index is 903. The van der Waals surface area contributed by atoms with Crippen molar-refractivity contribution in [2.24, 2.45) is 0 Å². The number of amides is 1. The lowest BCUT2D eigenvalue weighted by atomic mass is 10.2. The average Bonchev–Trinajstić information content (AvgIpc) is 3.11. The van der Waals surface area contributed by atoms with Crippen LogP contribution >= 0.6 is 0 Å². The zero-order chi connectivity index (χ0) is 18.6. The minimum absolute atomic E-state index is 0.0957. The molecule has 2 aromatic heterocycles. The first-order chi connectivity index (χ1) is 13.2. The SMILES string of the molecule is O=C(c1nn(-c2ccccc2)cc1O)N1CCN(Cc2cccnc2)CC1. The Morgan fingerprint density at radius 3 is 2.52 bits per heavy atom. The summed E-state index contributed by atoms with van der Waals surface area (Å²) in [5.74, 6) is -0.329. The maximum absolute atomic E-state index is 12.8. The predicted octanol–water partition coefficient (Wildman–Crippen LogP) is 1.93. The first-order valence-corrected chi connectivity index (χ1v) is 8.95. The van der Waals surface area contributed by atoms with E-state index in [1.165, 1.54) is 10.9 Å². The third-order valence-corrected chi connectivity index (χ3v) is 4.71. The molecule has 1 amide bonds. The number of piperazine rings is 1. The van der Waals surface area contributed by atoms with E-state index in [1.54, 1.807) is 11.1 Å². The van der Waals surface area contributed by atoms with Gasteiger partial charge in [0.1, 0.15) is 0 Å². The van der Waals surface area contributed by atoms with E-state index in [0.29, 0.717) is 13.1 Å². The molecule has 1 saturated heterocycles. The highest BCUT2D eigenvalue weighted by molar-refractivity contribution is 5.95. The Balaban J connectivity index is 1.40. The lowest BCUT2D eigenvalue weighted by Crippen LogP contribution is -2.48. The Hall–Kier alpha value is -3.19. The van der Waals surface area contributed by atoms with Crippen LogP contribution in [0.1, 0.15) is 16.1 Å². The number of rotatable bonds is 4. The third-order valence-electron chi connectivity index (χ3n) is 4.71. The van der Waals surface area contributed by atoms with Crippen LogP contribution in [-0.2, 0) is 6.54 Å². The molecule has 0 atom stereocenters. The second-order valence-electron chi connectivity index (χ2n) is 6.57. The second-order valence-corrected chi connectivity index (χ2v) is 6.57. The number of aromatic hydroxyl groups is 1. The molecular weight excluding hydrogens is 342 g/mol. The molecular formula is C20H21N5O2. The van der Waals surface area contributed by atoms with Gasteiger partial charge in [-0.2, -0.15) is 5.10 Å². The molecule has 0 spiro atoms. The lowest BCUT2D eigenvalue weighted by molar-refractivity contribution is 0.0619. The lowest BCUT2D eigenvalue weighted by Gasteiger charge is -2.34. The summed E-state index contributed by atoms with van der Waals surface area (Å²) in [5.41, 5.74) is 2.06. The summed E-state index contributed by atoms with van der Waals surface area (Å²) in [4.78, 5) is 21.0. The Labute approximate surface area is 157 Å². The summed E-state index contributed by atoms with van der Waals surface area (Å²) >= 11 is 0. The fourth-order valence-electron chi connectivity index (χ4n) is 3.24. The number of para-hydroxylation sites is 1. The average molecular weight is 363 g/mol. The van der Waals surface area contributed by atoms with Crippen molar-refractivity contribution in [1.29, 1.82) is 0 Å². The van der Waals surface area contributed by atoms with Crippen LogP contribution in [0.4, 0.5) is 0 Å². The van der Waals surface area contributed by atoms with E-state index in [-0.39, 0.29) is 17.4 Å². The second kappa shape index (κ2) is 7.59. The molecule has 1 aliphatic heterocycles. The molecule has 3 aromatic rings. The van der Waals surface area contributed by atoms with Gasteiger partial charge in [-0.3, -0.25) is 14.7 Å². The molecule has 1 aliphatic rings. The Kier molecular flexibility index (Phi) is 4.84. The van der Waals surface area contributed by atoms with Crippen molar-refractivity contribution in [2.45, 2.75) is 6.54 Å². The van der Waals surface area contributed by atoms with Crippen molar-refractivity contribution in [1.82, 2.24) is 24.6 Å². The number of hydrogen-bond donors (Lipinski definition) is 1. The summed E-state index contributed by atoms with van der Waals surface area (Å²) in [6.07, 6.45) is 5.11. The summed E-state index contributed by atoms with van der Waals surface area (Å²) in [7, 11) is 0. The number of carbonyl (C=O) groups excluding carboxylic acids is 1. The maximum atomic E-state index is 12.8. The zero-order valence-corrected chi connectivity index (χ0v) is 14.9. The van der Waals surface area contributed by atoms with Gasteiger partial charge >= 0.3 is 0 Å². The number of aromatic nitrogens is 3. The topological polar surface area (TPSA) is 74.5 Å². The Morgan fingerprint density at radius 2 is 1.81 bits per heavy atom. The third kappa shape index (κ3) is 3.83. The van der Waals surface area contributed by atoms with Crippen molar-refractivity contribution >= 4 is 5.91 Å². The molecule has 7 heteroatoms. The monoisotopic (exact) mass is 363 g/mol. The fourth-order valence-corrected chi connectivity index (χ4v) is 3.24. The fraction of sp³-hybridized carbons (Fsp3) is 0.250. The first-order valence-electron chi connectivity index (χ1n) is 8.95. The van der Waals surface area contributed by atoms with Gasteiger partial charge in [0.15, 0.2) is 11.4 Å². The molecule has 0 bridgehead atoms. The number of pyridine rings is 1. The van der Waals surface area contributed by atoms with Crippen LogP contribution in [0.2, 0.25) is 0 Å². The van der Waals surface area contributed by atoms with Gasteiger partial charge in [0.2, 0.25) is 0 Å². The minimum atomic E-state index is -0.233. The van der Waals surface area contributed by atoms with Gasteiger partial charge in [0, 0.05) is 45.1 Å². The van der Waals surface area contributed by atoms with Crippen LogP contribution in [0.3, 0.4) is 0 Å². The summed E-state index contributed by atoms with van der Waals surface area (Å²) in [6, 6.07) is 13.4. The van der Waals surface area contributed by atoms with Crippen molar-refractivity contribution in [3.8, 4) is 11.4 Å². The molecule has 7 nitrogen and oxygen atoms in total. The molecule has 27 heavy (non-hydrogen) atoms. The largest absolute Gasteiger partial charge is 0.504 e. The molecule has 0 aliphatic carbocycles. The van der Waals surface area contributed by atoms with Gasteiger partial charge in [-0.15, -0.1) is 0 Å². The highest BCUT2D eigenvalue weighted by Gasteiger charge is 2.26. The maximum Gasteiger partial charge on any atom is 0.278 e. The van der Waals surface area contributed by atoms with E-state index in [4.69, 9.17) is 0 Å². The number of nitrogens with zero attached hydrogens (tertiary/aromatic N) is 5. The summed E-state index contributed by atoms with van der Waals surface area (Å²) in [6.45, 7) is 3.60.